The molecular formula is C9H16N3+. The molecule has 0 N–H and O–H groups in total. The first-order valence-electron chi connectivity index (χ1n) is 4.86. The van der Waals surface area contributed by atoms with Crippen LogP contribution < -0.4 is 4.68 Å². The summed E-state index contributed by atoms with van der Waals surface area (Å²) in [4.78, 5) is 0. The average Bonchev–Trinajstić information content (AvgIpc) is 2.47. The number of hydrogen-bond acceptors (Lipinski definition) is 1. The fourth-order valence-electron chi connectivity index (χ4n) is 1.75. The van der Waals surface area contributed by atoms with Gasteiger partial charge in [0.2, 0.25) is 0 Å². The second-order valence-electron chi connectivity index (χ2n) is 3.45. The van der Waals surface area contributed by atoms with Crippen LogP contribution in [0.5, 0.6) is 0 Å². The maximum atomic E-state index is 4.47. The van der Waals surface area contributed by atoms with Crippen molar-refractivity contribution in [2.24, 2.45) is 0 Å². The van der Waals surface area contributed by atoms with Crippen molar-refractivity contribution in [2.75, 3.05) is 0 Å². The fraction of sp³-hybridized carbons (Fsp3) is 0.778. The molecule has 1 aromatic rings. The second kappa shape index (κ2) is 3.25. The molecule has 2 rings (SSSR count). The molecule has 0 radical (unpaired) electrons. The Bertz CT molecular complexity index is 241. The number of nitrogens with zero attached hydrogens (tertiary/aromatic N) is 3. The van der Waals surface area contributed by atoms with Gasteiger partial charge >= 0.3 is 0 Å². The summed E-state index contributed by atoms with van der Waals surface area (Å²) < 4.78 is 4.22. The van der Waals surface area contributed by atoms with E-state index >= 15 is 0 Å². The van der Waals surface area contributed by atoms with Gasteiger partial charge in [0.1, 0.15) is 13.1 Å². The van der Waals surface area contributed by atoms with Crippen molar-refractivity contribution >= 4 is 0 Å². The van der Waals surface area contributed by atoms with Crippen LogP contribution in [0.3, 0.4) is 0 Å². The van der Waals surface area contributed by atoms with Crippen LogP contribution in [-0.4, -0.2) is 9.90 Å². The maximum Gasteiger partial charge on any atom is 0.167 e. The SMILES string of the molecule is CCC[n+]1cc2n(n1)CCCC2. The Balaban J connectivity index is 2.20. The summed E-state index contributed by atoms with van der Waals surface area (Å²) in [5, 5.41) is 4.47. The third-order valence-electron chi connectivity index (χ3n) is 2.36. The van der Waals surface area contributed by atoms with E-state index in [1.807, 2.05) is 0 Å². The van der Waals surface area contributed by atoms with Crippen LogP contribution >= 0.6 is 0 Å². The summed E-state index contributed by atoms with van der Waals surface area (Å²) in [7, 11) is 0. The molecule has 0 saturated carbocycles. The van der Waals surface area contributed by atoms with Crippen LogP contribution in [0.25, 0.3) is 0 Å². The number of hydrogen-bond donors (Lipinski definition) is 0. The van der Waals surface area contributed by atoms with Crippen molar-refractivity contribution in [1.82, 2.24) is 9.90 Å². The zero-order valence-electron chi connectivity index (χ0n) is 7.66. The van der Waals surface area contributed by atoms with Gasteiger partial charge in [-0.15, -0.1) is 9.36 Å². The van der Waals surface area contributed by atoms with Crippen LogP contribution in [0, 0.1) is 0 Å². The molecule has 3 heteroatoms. The minimum Gasteiger partial charge on any atom is -0.137 e. The van der Waals surface area contributed by atoms with E-state index in [9.17, 15) is 0 Å². The van der Waals surface area contributed by atoms with E-state index in [0.29, 0.717) is 0 Å². The van der Waals surface area contributed by atoms with Gasteiger partial charge in [-0.05, 0) is 19.3 Å². The molecule has 66 valence electrons. The van der Waals surface area contributed by atoms with E-state index in [1.165, 1.54) is 31.4 Å². The topological polar surface area (TPSA) is 21.7 Å². The number of rotatable bonds is 2. The van der Waals surface area contributed by atoms with Gasteiger partial charge in [-0.2, -0.15) is 0 Å². The molecule has 0 fully saturated rings. The van der Waals surface area contributed by atoms with Gasteiger partial charge in [0.15, 0.2) is 11.9 Å². The molecule has 0 aliphatic carbocycles. The highest BCUT2D eigenvalue weighted by molar-refractivity contribution is 4.93. The lowest BCUT2D eigenvalue weighted by Crippen LogP contribution is -2.35. The minimum absolute atomic E-state index is 1.06. The van der Waals surface area contributed by atoms with Gasteiger partial charge in [0.05, 0.1) is 5.21 Å². The molecule has 3 nitrogen and oxygen atoms in total. The molecule has 0 amide bonds. The van der Waals surface area contributed by atoms with Gasteiger partial charge in [-0.1, -0.05) is 6.92 Å². The summed E-state index contributed by atoms with van der Waals surface area (Å²) in [5.74, 6) is 0. The number of fused-ring (bicyclic) bond motifs is 1. The van der Waals surface area contributed by atoms with Crippen molar-refractivity contribution in [1.29, 1.82) is 0 Å². The third-order valence-corrected chi connectivity index (χ3v) is 2.36. The van der Waals surface area contributed by atoms with Gasteiger partial charge < -0.3 is 0 Å². The van der Waals surface area contributed by atoms with Gasteiger partial charge in [0.25, 0.3) is 0 Å². The number of aryl methyl sites for hydroxylation is 3. The zero-order valence-corrected chi connectivity index (χ0v) is 7.66. The summed E-state index contributed by atoms with van der Waals surface area (Å²) in [6.45, 7) is 4.36. The first-order valence-corrected chi connectivity index (χ1v) is 4.86. The lowest BCUT2D eigenvalue weighted by Gasteiger charge is -2.03. The van der Waals surface area contributed by atoms with Crippen LogP contribution in [0.4, 0.5) is 0 Å². The van der Waals surface area contributed by atoms with Crippen molar-refractivity contribution in [2.45, 2.75) is 45.7 Å². The molecule has 2 heterocycles. The monoisotopic (exact) mass is 166 g/mol. The molecular weight excluding hydrogens is 150 g/mol. The first-order chi connectivity index (χ1) is 5.90. The largest absolute Gasteiger partial charge is 0.167 e. The number of aromatic nitrogens is 3. The third kappa shape index (κ3) is 1.36. The quantitative estimate of drug-likeness (QED) is 0.599. The highest BCUT2D eigenvalue weighted by Gasteiger charge is 2.18. The summed E-state index contributed by atoms with van der Waals surface area (Å²) in [6, 6.07) is 0. The molecule has 12 heavy (non-hydrogen) atoms. The molecule has 1 aliphatic rings. The zero-order chi connectivity index (χ0) is 8.39. The van der Waals surface area contributed by atoms with E-state index in [0.717, 1.165) is 13.1 Å². The smallest absolute Gasteiger partial charge is 0.137 e. The van der Waals surface area contributed by atoms with Crippen LogP contribution in [0.2, 0.25) is 0 Å². The molecule has 0 atom stereocenters. The highest BCUT2D eigenvalue weighted by Crippen LogP contribution is 2.10. The second-order valence-corrected chi connectivity index (χ2v) is 3.45. The molecule has 0 aromatic carbocycles. The van der Waals surface area contributed by atoms with Gasteiger partial charge in [0, 0.05) is 6.42 Å². The van der Waals surface area contributed by atoms with Crippen molar-refractivity contribution in [3.05, 3.63) is 11.9 Å². The minimum atomic E-state index is 1.06. The normalized spacial score (nSPS) is 16.1. The predicted molar refractivity (Wildman–Crippen MR) is 45.7 cm³/mol. The van der Waals surface area contributed by atoms with Crippen molar-refractivity contribution < 1.29 is 4.68 Å². The highest BCUT2D eigenvalue weighted by atomic mass is 15.5. The first kappa shape index (κ1) is 7.77. The fourth-order valence-corrected chi connectivity index (χ4v) is 1.75. The average molecular weight is 166 g/mol. The lowest BCUT2D eigenvalue weighted by molar-refractivity contribution is -0.755. The standard InChI is InChI=1S/C9H16N3/c1-2-6-11-8-9-5-3-4-7-12(9)10-11/h8H,2-7H2,1H3/q+1. The predicted octanol–water partition coefficient (Wildman–Crippen LogP) is 0.917. The van der Waals surface area contributed by atoms with E-state index < -0.39 is 0 Å². The Hall–Kier alpha value is -0.860. The summed E-state index contributed by atoms with van der Waals surface area (Å²) in [5.41, 5.74) is 1.41. The Labute approximate surface area is 73.0 Å². The molecule has 0 bridgehead atoms. The molecule has 1 aromatic heterocycles. The Kier molecular flexibility index (Phi) is 2.11. The van der Waals surface area contributed by atoms with E-state index in [2.05, 4.69) is 27.7 Å². The van der Waals surface area contributed by atoms with Crippen molar-refractivity contribution in [3.8, 4) is 0 Å². The molecule has 0 saturated heterocycles. The lowest BCUT2D eigenvalue weighted by atomic mass is 10.1. The molecule has 0 unspecified atom stereocenters. The molecule has 1 aliphatic heterocycles. The van der Waals surface area contributed by atoms with E-state index in [-0.39, 0.29) is 0 Å². The van der Waals surface area contributed by atoms with E-state index in [1.54, 1.807) is 0 Å². The van der Waals surface area contributed by atoms with Crippen LogP contribution in [0.15, 0.2) is 6.20 Å². The van der Waals surface area contributed by atoms with Crippen LogP contribution in [0.1, 0.15) is 31.9 Å². The van der Waals surface area contributed by atoms with Gasteiger partial charge in [-0.3, -0.25) is 0 Å². The van der Waals surface area contributed by atoms with Crippen LogP contribution in [-0.2, 0) is 19.5 Å². The summed E-state index contributed by atoms with van der Waals surface area (Å²) in [6.07, 6.45) is 7.20. The Morgan fingerprint density at radius 1 is 1.58 bits per heavy atom. The summed E-state index contributed by atoms with van der Waals surface area (Å²) >= 11 is 0. The Morgan fingerprint density at radius 2 is 2.50 bits per heavy atom. The van der Waals surface area contributed by atoms with E-state index in [4.69, 9.17) is 0 Å². The molecule has 0 spiro atoms. The van der Waals surface area contributed by atoms with Crippen molar-refractivity contribution in [3.63, 3.8) is 0 Å². The Morgan fingerprint density at radius 3 is 3.25 bits per heavy atom. The van der Waals surface area contributed by atoms with Gasteiger partial charge in [-0.25, -0.2) is 0 Å². The maximum absolute atomic E-state index is 4.47.